The summed E-state index contributed by atoms with van der Waals surface area (Å²) >= 11 is 6.88. The normalized spacial score (nSPS) is 10.9. The van der Waals surface area contributed by atoms with E-state index in [2.05, 4.69) is 31.9 Å². The van der Waals surface area contributed by atoms with E-state index >= 15 is 0 Å². The quantitative estimate of drug-likeness (QED) is 0.525. The second kappa shape index (κ2) is 5.19. The fourth-order valence-corrected chi connectivity index (χ4v) is 3.06. The van der Waals surface area contributed by atoms with Crippen molar-refractivity contribution in [3.05, 3.63) is 67.4 Å². The molecule has 2 nitrogen and oxygen atoms in total. The van der Waals surface area contributed by atoms with Crippen molar-refractivity contribution < 1.29 is 4.42 Å². The van der Waals surface area contributed by atoms with E-state index in [0.717, 1.165) is 25.5 Å². The first-order valence-corrected chi connectivity index (χ1v) is 7.64. The third-order valence-electron chi connectivity index (χ3n) is 3.24. The molecule has 0 saturated heterocycles. The second-order valence-electron chi connectivity index (χ2n) is 4.54. The Morgan fingerprint density at radius 3 is 2.50 bits per heavy atom. The Hall–Kier alpha value is -1.39. The van der Waals surface area contributed by atoms with Crippen LogP contribution in [0.4, 0.5) is 0 Å². The highest BCUT2D eigenvalue weighted by Gasteiger charge is 2.13. The molecule has 0 radical (unpaired) electrons. The van der Waals surface area contributed by atoms with Gasteiger partial charge in [-0.15, -0.1) is 0 Å². The van der Waals surface area contributed by atoms with Gasteiger partial charge in [-0.25, -0.2) is 4.79 Å². The van der Waals surface area contributed by atoms with Crippen LogP contribution in [0.2, 0.25) is 0 Å². The van der Waals surface area contributed by atoms with Crippen LogP contribution in [0.25, 0.3) is 22.1 Å². The van der Waals surface area contributed by atoms with E-state index in [1.54, 1.807) is 6.07 Å². The summed E-state index contributed by atoms with van der Waals surface area (Å²) in [6.07, 6.45) is 0. The third kappa shape index (κ3) is 2.34. The Bertz CT molecular complexity index is 866. The smallest absolute Gasteiger partial charge is 0.344 e. The summed E-state index contributed by atoms with van der Waals surface area (Å²) in [4.78, 5) is 12.3. The topological polar surface area (TPSA) is 30.2 Å². The zero-order valence-electron chi connectivity index (χ0n) is 10.6. The van der Waals surface area contributed by atoms with Gasteiger partial charge in [0.15, 0.2) is 0 Å². The molecule has 0 saturated carbocycles. The summed E-state index contributed by atoms with van der Waals surface area (Å²) in [6.45, 7) is 1.95. The summed E-state index contributed by atoms with van der Waals surface area (Å²) in [7, 11) is 0. The Morgan fingerprint density at radius 2 is 1.75 bits per heavy atom. The molecule has 100 valence electrons. The molecule has 0 amide bonds. The van der Waals surface area contributed by atoms with E-state index in [1.165, 1.54) is 0 Å². The number of halogens is 2. The monoisotopic (exact) mass is 392 g/mol. The van der Waals surface area contributed by atoms with Crippen LogP contribution in [-0.4, -0.2) is 0 Å². The Labute approximate surface area is 132 Å². The minimum Gasteiger partial charge on any atom is -0.422 e. The van der Waals surface area contributed by atoms with Crippen molar-refractivity contribution in [2.24, 2.45) is 0 Å². The maximum atomic E-state index is 12.3. The summed E-state index contributed by atoms with van der Waals surface area (Å²) in [5, 5.41) is 0.939. The number of benzene rings is 2. The van der Waals surface area contributed by atoms with Crippen LogP contribution >= 0.6 is 31.9 Å². The maximum Gasteiger partial charge on any atom is 0.344 e. The van der Waals surface area contributed by atoms with Crippen molar-refractivity contribution in [3.63, 3.8) is 0 Å². The van der Waals surface area contributed by atoms with Crippen molar-refractivity contribution >= 4 is 42.8 Å². The zero-order valence-corrected chi connectivity index (χ0v) is 13.8. The van der Waals surface area contributed by atoms with Gasteiger partial charge in [0, 0.05) is 14.3 Å². The van der Waals surface area contributed by atoms with Gasteiger partial charge < -0.3 is 4.42 Å². The van der Waals surface area contributed by atoms with Crippen molar-refractivity contribution in [1.82, 2.24) is 0 Å². The van der Waals surface area contributed by atoms with Gasteiger partial charge in [0.25, 0.3) is 0 Å². The number of hydrogen-bond acceptors (Lipinski definition) is 2. The average molecular weight is 394 g/mol. The summed E-state index contributed by atoms with van der Waals surface area (Å²) in [6, 6.07) is 13.3. The molecule has 0 bridgehead atoms. The van der Waals surface area contributed by atoms with Crippen LogP contribution in [0.3, 0.4) is 0 Å². The Morgan fingerprint density at radius 1 is 1.00 bits per heavy atom. The number of hydrogen-bond donors (Lipinski definition) is 0. The molecule has 3 rings (SSSR count). The average Bonchev–Trinajstić information content (AvgIpc) is 2.40. The third-order valence-corrected chi connectivity index (χ3v) is 4.23. The first kappa shape index (κ1) is 13.6. The van der Waals surface area contributed by atoms with Crippen LogP contribution < -0.4 is 5.63 Å². The SMILES string of the molecule is Cc1c(-c2cccc(Br)c2)c(=O)oc2ccc(Br)cc12. The molecular formula is C16H10Br2O2. The van der Waals surface area contributed by atoms with Crippen LogP contribution in [0.1, 0.15) is 5.56 Å². The molecule has 20 heavy (non-hydrogen) atoms. The largest absolute Gasteiger partial charge is 0.422 e. The highest BCUT2D eigenvalue weighted by molar-refractivity contribution is 9.10. The van der Waals surface area contributed by atoms with E-state index in [9.17, 15) is 4.79 Å². The summed E-state index contributed by atoms with van der Waals surface area (Å²) < 4.78 is 7.32. The fraction of sp³-hybridized carbons (Fsp3) is 0.0625. The van der Waals surface area contributed by atoms with E-state index in [4.69, 9.17) is 4.42 Å². The van der Waals surface area contributed by atoms with Gasteiger partial charge in [-0.2, -0.15) is 0 Å². The number of rotatable bonds is 1. The molecule has 1 aromatic heterocycles. The molecule has 0 aliphatic rings. The van der Waals surface area contributed by atoms with Crippen molar-refractivity contribution in [2.75, 3.05) is 0 Å². The minimum absolute atomic E-state index is 0.310. The van der Waals surface area contributed by atoms with Gasteiger partial charge in [-0.05, 0) is 48.4 Å². The predicted molar refractivity (Wildman–Crippen MR) is 88.1 cm³/mol. The predicted octanol–water partition coefficient (Wildman–Crippen LogP) is 5.29. The molecule has 0 aliphatic heterocycles. The molecule has 0 N–H and O–H groups in total. The van der Waals surface area contributed by atoms with E-state index in [-0.39, 0.29) is 5.63 Å². The first-order chi connectivity index (χ1) is 9.56. The molecule has 0 aliphatic carbocycles. The Kier molecular flexibility index (Phi) is 3.52. The lowest BCUT2D eigenvalue weighted by Crippen LogP contribution is -2.05. The van der Waals surface area contributed by atoms with Crippen LogP contribution in [0.15, 0.2) is 60.6 Å². The van der Waals surface area contributed by atoms with E-state index in [1.807, 2.05) is 43.3 Å². The van der Waals surface area contributed by atoms with Gasteiger partial charge in [-0.1, -0.05) is 44.0 Å². The van der Waals surface area contributed by atoms with Gasteiger partial charge in [-0.3, -0.25) is 0 Å². The fourth-order valence-electron chi connectivity index (χ4n) is 2.30. The van der Waals surface area contributed by atoms with Crippen molar-refractivity contribution in [3.8, 4) is 11.1 Å². The first-order valence-electron chi connectivity index (χ1n) is 6.05. The van der Waals surface area contributed by atoms with E-state index in [0.29, 0.717) is 11.1 Å². The Balaban J connectivity index is 2.39. The molecule has 3 aromatic rings. The molecule has 0 fully saturated rings. The molecule has 0 unspecified atom stereocenters. The molecular weight excluding hydrogens is 384 g/mol. The lowest BCUT2D eigenvalue weighted by atomic mass is 10.00. The zero-order chi connectivity index (χ0) is 14.3. The maximum absolute atomic E-state index is 12.3. The van der Waals surface area contributed by atoms with E-state index < -0.39 is 0 Å². The van der Waals surface area contributed by atoms with Gasteiger partial charge in [0.05, 0.1) is 5.56 Å². The molecule has 0 spiro atoms. The van der Waals surface area contributed by atoms with Crippen molar-refractivity contribution in [2.45, 2.75) is 6.92 Å². The second-order valence-corrected chi connectivity index (χ2v) is 6.37. The summed E-state index contributed by atoms with van der Waals surface area (Å²) in [5.74, 6) is 0. The molecule has 2 aromatic carbocycles. The van der Waals surface area contributed by atoms with Gasteiger partial charge >= 0.3 is 5.63 Å². The van der Waals surface area contributed by atoms with Crippen molar-refractivity contribution in [1.29, 1.82) is 0 Å². The lowest BCUT2D eigenvalue weighted by molar-refractivity contribution is 0.562. The van der Waals surface area contributed by atoms with Crippen LogP contribution in [0, 0.1) is 6.92 Å². The lowest BCUT2D eigenvalue weighted by Gasteiger charge is -2.08. The molecule has 1 heterocycles. The number of fused-ring (bicyclic) bond motifs is 1. The highest BCUT2D eigenvalue weighted by Crippen LogP contribution is 2.29. The van der Waals surface area contributed by atoms with Crippen LogP contribution in [0.5, 0.6) is 0 Å². The summed E-state index contributed by atoms with van der Waals surface area (Å²) in [5.41, 5.74) is 2.69. The van der Waals surface area contributed by atoms with Crippen LogP contribution in [-0.2, 0) is 0 Å². The highest BCUT2D eigenvalue weighted by atomic mass is 79.9. The standard InChI is InChI=1S/C16H10Br2O2/c1-9-13-8-12(18)5-6-14(13)20-16(19)15(9)10-3-2-4-11(17)7-10/h2-8H,1H3. The molecule has 0 atom stereocenters. The van der Waals surface area contributed by atoms with Gasteiger partial charge in [0.2, 0.25) is 0 Å². The molecule has 4 heteroatoms. The van der Waals surface area contributed by atoms with Gasteiger partial charge in [0.1, 0.15) is 5.58 Å². The minimum atomic E-state index is -0.310. The number of aryl methyl sites for hydroxylation is 1.